The largest absolute Gasteiger partial charge is 0.383 e. The second-order valence-electron chi connectivity index (χ2n) is 7.30. The van der Waals surface area contributed by atoms with Gasteiger partial charge in [0.1, 0.15) is 16.2 Å². The van der Waals surface area contributed by atoms with E-state index < -0.39 is 9.84 Å². The van der Waals surface area contributed by atoms with Crippen molar-refractivity contribution in [3.05, 3.63) is 42.7 Å². The van der Waals surface area contributed by atoms with Crippen molar-refractivity contribution in [3.8, 4) is 10.4 Å². The van der Waals surface area contributed by atoms with Crippen molar-refractivity contribution in [2.45, 2.75) is 17.5 Å². The molecule has 0 N–H and O–H groups in total. The monoisotopic (exact) mass is 477 g/mol. The van der Waals surface area contributed by atoms with Crippen LogP contribution in [0.2, 0.25) is 0 Å². The van der Waals surface area contributed by atoms with Crippen molar-refractivity contribution in [2.24, 2.45) is 0 Å². The zero-order valence-electron chi connectivity index (χ0n) is 17.1. The summed E-state index contributed by atoms with van der Waals surface area (Å²) in [6.07, 6.45) is 2.00. The van der Waals surface area contributed by atoms with Crippen LogP contribution in [0.25, 0.3) is 20.7 Å². The van der Waals surface area contributed by atoms with Gasteiger partial charge in [0.15, 0.2) is 9.84 Å². The number of carbonyl (C=O) groups is 1. The first-order chi connectivity index (χ1) is 15.0. The van der Waals surface area contributed by atoms with Gasteiger partial charge in [0.05, 0.1) is 23.9 Å². The average Bonchev–Trinajstić information content (AvgIpc) is 3.36. The fourth-order valence-corrected chi connectivity index (χ4v) is 7.29. The van der Waals surface area contributed by atoms with Crippen molar-refractivity contribution in [3.63, 3.8) is 0 Å². The number of fused-ring (bicyclic) bond motifs is 1. The highest BCUT2D eigenvalue weighted by Gasteiger charge is 2.34. The van der Waals surface area contributed by atoms with Crippen LogP contribution in [0.3, 0.4) is 0 Å². The first-order valence-corrected chi connectivity index (χ1v) is 13.5. The van der Waals surface area contributed by atoms with Crippen molar-refractivity contribution >= 4 is 49.1 Å². The SMILES string of the molecule is COCCN(C(=O)CSc1ncnc2sc(-c3ccccc3)cc12)[C@@H]1CCS(=O)(=O)C1. The summed E-state index contributed by atoms with van der Waals surface area (Å²) >= 11 is 2.95. The molecular formula is C21H23N3O4S3. The number of nitrogens with zero attached hydrogens (tertiary/aromatic N) is 3. The summed E-state index contributed by atoms with van der Waals surface area (Å²) in [7, 11) is -1.51. The Hall–Kier alpha value is -2.01. The maximum atomic E-state index is 13.0. The Labute approximate surface area is 189 Å². The number of amides is 1. The second kappa shape index (κ2) is 9.64. The van der Waals surface area contributed by atoms with Gasteiger partial charge in [0.25, 0.3) is 0 Å². The maximum absolute atomic E-state index is 13.0. The molecule has 0 radical (unpaired) electrons. The molecule has 0 saturated carbocycles. The van der Waals surface area contributed by atoms with Crippen LogP contribution in [0, 0.1) is 0 Å². The standard InChI is InChI=1S/C21H23N3O4S3/c1-28-9-8-24(16-7-10-31(26,27)13-16)19(25)12-29-20-17-11-18(15-5-3-2-4-6-15)30-21(17)23-14-22-20/h2-6,11,14,16H,7-10,12-13H2,1H3/t16-/m1/s1. The molecule has 1 atom stereocenters. The Morgan fingerprint density at radius 1 is 1.29 bits per heavy atom. The lowest BCUT2D eigenvalue weighted by molar-refractivity contribution is -0.130. The van der Waals surface area contributed by atoms with Gasteiger partial charge in [0.2, 0.25) is 5.91 Å². The molecule has 0 bridgehead atoms. The van der Waals surface area contributed by atoms with Crippen LogP contribution in [0.15, 0.2) is 47.8 Å². The lowest BCUT2D eigenvalue weighted by Gasteiger charge is -2.28. The van der Waals surface area contributed by atoms with Crippen LogP contribution in [0.4, 0.5) is 0 Å². The predicted octanol–water partition coefficient (Wildman–Crippen LogP) is 3.11. The number of ether oxygens (including phenoxy) is 1. The van der Waals surface area contributed by atoms with E-state index in [0.717, 1.165) is 25.7 Å². The van der Waals surface area contributed by atoms with Gasteiger partial charge in [-0.3, -0.25) is 4.79 Å². The molecule has 7 nitrogen and oxygen atoms in total. The summed E-state index contributed by atoms with van der Waals surface area (Å²) < 4.78 is 28.9. The average molecular weight is 478 g/mol. The summed E-state index contributed by atoms with van der Waals surface area (Å²) in [6.45, 7) is 0.752. The molecule has 1 saturated heterocycles. The summed E-state index contributed by atoms with van der Waals surface area (Å²) in [5.41, 5.74) is 1.12. The molecular weight excluding hydrogens is 454 g/mol. The summed E-state index contributed by atoms with van der Waals surface area (Å²) in [6, 6.07) is 11.9. The smallest absolute Gasteiger partial charge is 0.233 e. The normalized spacial score (nSPS) is 17.8. The quantitative estimate of drug-likeness (QED) is 0.364. The molecule has 31 heavy (non-hydrogen) atoms. The zero-order chi connectivity index (χ0) is 21.8. The van der Waals surface area contributed by atoms with Crippen molar-refractivity contribution < 1.29 is 17.9 Å². The van der Waals surface area contributed by atoms with Gasteiger partial charge in [-0.2, -0.15) is 0 Å². The highest BCUT2D eigenvalue weighted by atomic mass is 32.2. The number of methoxy groups -OCH3 is 1. The first kappa shape index (κ1) is 22.2. The molecule has 164 valence electrons. The summed E-state index contributed by atoms with van der Waals surface area (Å²) in [5.74, 6) is 0.235. The van der Waals surface area contributed by atoms with E-state index in [1.807, 2.05) is 18.2 Å². The minimum Gasteiger partial charge on any atom is -0.383 e. The molecule has 0 aliphatic carbocycles. The molecule has 3 aromatic rings. The number of carbonyl (C=O) groups excluding carboxylic acids is 1. The van der Waals surface area contributed by atoms with Crippen LogP contribution in [-0.2, 0) is 19.4 Å². The number of sulfone groups is 1. The lowest BCUT2D eigenvalue weighted by atomic mass is 10.2. The molecule has 0 unspecified atom stereocenters. The summed E-state index contributed by atoms with van der Waals surface area (Å²) in [4.78, 5) is 25.4. The third-order valence-corrected chi connectivity index (χ3v) is 9.02. The molecule has 1 aliphatic rings. The van der Waals surface area contributed by atoms with Gasteiger partial charge in [-0.1, -0.05) is 42.1 Å². The molecule has 4 rings (SSSR count). The molecule has 0 spiro atoms. The number of hydrogen-bond acceptors (Lipinski definition) is 8. The first-order valence-electron chi connectivity index (χ1n) is 9.88. The molecule has 1 aromatic carbocycles. The molecule has 2 aromatic heterocycles. The third kappa shape index (κ3) is 5.25. The maximum Gasteiger partial charge on any atom is 0.233 e. The van der Waals surface area contributed by atoms with Gasteiger partial charge >= 0.3 is 0 Å². The predicted molar refractivity (Wildman–Crippen MR) is 124 cm³/mol. The van der Waals surface area contributed by atoms with Gasteiger partial charge < -0.3 is 9.64 Å². The number of benzene rings is 1. The van der Waals surface area contributed by atoms with E-state index >= 15 is 0 Å². The lowest BCUT2D eigenvalue weighted by Crippen LogP contribution is -2.44. The Balaban J connectivity index is 1.50. The number of thioether (sulfide) groups is 1. The van der Waals surface area contributed by atoms with Crippen LogP contribution in [-0.4, -0.2) is 72.8 Å². The van der Waals surface area contributed by atoms with E-state index in [1.54, 1.807) is 23.3 Å². The highest BCUT2D eigenvalue weighted by Crippen LogP contribution is 2.36. The molecule has 3 heterocycles. The van der Waals surface area contributed by atoms with E-state index in [2.05, 4.69) is 28.2 Å². The summed E-state index contributed by atoms with van der Waals surface area (Å²) in [5, 5.41) is 1.68. The minimum absolute atomic E-state index is 0.0237. The highest BCUT2D eigenvalue weighted by molar-refractivity contribution is 8.00. The van der Waals surface area contributed by atoms with Crippen LogP contribution in [0.5, 0.6) is 0 Å². The molecule has 10 heteroatoms. The van der Waals surface area contributed by atoms with E-state index in [1.165, 1.54) is 18.1 Å². The third-order valence-electron chi connectivity index (χ3n) is 5.19. The van der Waals surface area contributed by atoms with E-state index in [-0.39, 0.29) is 29.2 Å². The van der Waals surface area contributed by atoms with E-state index in [4.69, 9.17) is 4.74 Å². The van der Waals surface area contributed by atoms with Crippen LogP contribution >= 0.6 is 23.1 Å². The number of rotatable bonds is 8. The van der Waals surface area contributed by atoms with Crippen molar-refractivity contribution in [1.82, 2.24) is 14.9 Å². The van der Waals surface area contributed by atoms with Gasteiger partial charge in [0, 0.05) is 30.0 Å². The fourth-order valence-electron chi connectivity index (χ4n) is 3.63. The fraction of sp³-hybridized carbons (Fsp3) is 0.381. The molecule has 1 amide bonds. The van der Waals surface area contributed by atoms with Gasteiger partial charge in [-0.25, -0.2) is 18.4 Å². The number of hydrogen-bond donors (Lipinski definition) is 0. The van der Waals surface area contributed by atoms with Gasteiger partial charge in [-0.05, 0) is 18.1 Å². The van der Waals surface area contributed by atoms with Crippen molar-refractivity contribution in [2.75, 3.05) is 37.5 Å². The Morgan fingerprint density at radius 3 is 2.81 bits per heavy atom. The van der Waals surface area contributed by atoms with E-state index in [0.29, 0.717) is 19.6 Å². The Bertz CT molecular complexity index is 1170. The molecule has 1 fully saturated rings. The Morgan fingerprint density at radius 2 is 2.10 bits per heavy atom. The Kier molecular flexibility index (Phi) is 6.90. The number of thiophene rings is 1. The zero-order valence-corrected chi connectivity index (χ0v) is 19.5. The van der Waals surface area contributed by atoms with Crippen molar-refractivity contribution in [1.29, 1.82) is 0 Å². The van der Waals surface area contributed by atoms with Crippen LogP contribution in [0.1, 0.15) is 6.42 Å². The minimum atomic E-state index is -3.08. The molecule has 1 aliphatic heterocycles. The van der Waals surface area contributed by atoms with Gasteiger partial charge in [-0.15, -0.1) is 11.3 Å². The van der Waals surface area contributed by atoms with E-state index in [9.17, 15) is 13.2 Å². The van der Waals surface area contributed by atoms with Crippen LogP contribution < -0.4 is 0 Å². The number of aromatic nitrogens is 2. The topological polar surface area (TPSA) is 89.5 Å². The second-order valence-corrected chi connectivity index (χ2v) is 11.5.